The van der Waals surface area contributed by atoms with Crippen molar-refractivity contribution in [3.8, 4) is 0 Å². The number of hydrogen-bond acceptors (Lipinski definition) is 5. The molecule has 0 aliphatic rings. The van der Waals surface area contributed by atoms with Crippen LogP contribution in [0.25, 0.3) is 0 Å². The van der Waals surface area contributed by atoms with E-state index in [0.717, 1.165) is 0 Å². The van der Waals surface area contributed by atoms with Crippen LogP contribution in [0.15, 0.2) is 0 Å². The van der Waals surface area contributed by atoms with Gasteiger partial charge in [-0.25, -0.2) is 5.84 Å². The first-order valence-corrected chi connectivity index (χ1v) is 2.66. The minimum Gasteiger partial charge on any atom is -0.380 e. The van der Waals surface area contributed by atoms with Crippen LogP contribution in [0.1, 0.15) is 0 Å². The highest BCUT2D eigenvalue weighted by Crippen LogP contribution is 1.91. The average Bonchev–Trinajstić information content (AvgIpc) is 2.00. The Kier molecular flexibility index (Phi) is 3.45. The molecule has 0 bridgehead atoms. The van der Waals surface area contributed by atoms with Gasteiger partial charge in [0, 0.05) is 0 Å². The first-order chi connectivity index (χ1) is 5.00. The summed E-state index contributed by atoms with van der Waals surface area (Å²) in [4.78, 5) is 20.6. The van der Waals surface area contributed by atoms with Crippen molar-refractivity contribution in [3.05, 3.63) is 0 Å². The van der Waals surface area contributed by atoms with Crippen molar-refractivity contribution in [2.24, 2.45) is 11.6 Å². The fourth-order valence-corrected chi connectivity index (χ4v) is 0.384. The molecule has 0 radical (unpaired) electrons. The van der Waals surface area contributed by atoms with Crippen LogP contribution in [0.3, 0.4) is 0 Å². The molecule has 7 heteroatoms. The maximum absolute atomic E-state index is 10.4. The van der Waals surface area contributed by atoms with E-state index >= 15 is 0 Å². The Balaban J connectivity index is 4.12. The summed E-state index contributed by atoms with van der Waals surface area (Å²) in [6, 6.07) is 0. The quantitative estimate of drug-likeness (QED) is 0.165. The number of rotatable bonds is 3. The Hall–Kier alpha value is -1.18. The van der Waals surface area contributed by atoms with Crippen LogP contribution in [0.5, 0.6) is 0 Å². The molecule has 64 valence electrons. The number of carbonyl (C=O) groups is 2. The highest BCUT2D eigenvalue weighted by Gasteiger charge is 2.27. The smallest absolute Gasteiger partial charge is 0.265 e. The zero-order chi connectivity index (χ0) is 9.02. The van der Waals surface area contributed by atoms with Crippen LogP contribution in [0, 0.1) is 0 Å². The van der Waals surface area contributed by atoms with Crippen LogP contribution < -0.4 is 17.0 Å². The number of hydrazine groups is 1. The van der Waals surface area contributed by atoms with Crippen molar-refractivity contribution in [2.75, 3.05) is 0 Å². The second-order valence-electron chi connectivity index (χ2n) is 1.80. The average molecular weight is 163 g/mol. The predicted molar refractivity (Wildman–Crippen MR) is 33.5 cm³/mol. The third-order valence-corrected chi connectivity index (χ3v) is 1.00. The SMILES string of the molecule is NNC(=O)[C@H](O)[C@@H](O)C(N)=O. The van der Waals surface area contributed by atoms with Crippen molar-refractivity contribution < 1.29 is 19.8 Å². The van der Waals surface area contributed by atoms with Gasteiger partial charge < -0.3 is 15.9 Å². The van der Waals surface area contributed by atoms with E-state index in [4.69, 9.17) is 10.2 Å². The largest absolute Gasteiger partial charge is 0.380 e. The summed E-state index contributed by atoms with van der Waals surface area (Å²) in [7, 11) is 0. The van der Waals surface area contributed by atoms with Crippen LogP contribution in [0.2, 0.25) is 0 Å². The number of primary amides is 1. The first kappa shape index (κ1) is 9.82. The van der Waals surface area contributed by atoms with Crippen LogP contribution in [0.4, 0.5) is 0 Å². The molecule has 0 aliphatic heterocycles. The molecule has 7 nitrogen and oxygen atoms in total. The molecule has 2 amide bonds. The Morgan fingerprint density at radius 3 is 2.00 bits per heavy atom. The van der Waals surface area contributed by atoms with Crippen LogP contribution in [-0.2, 0) is 9.59 Å². The van der Waals surface area contributed by atoms with Gasteiger partial charge in [-0.1, -0.05) is 0 Å². The Morgan fingerprint density at radius 1 is 1.27 bits per heavy atom. The van der Waals surface area contributed by atoms with Crippen LogP contribution in [-0.4, -0.2) is 34.2 Å². The van der Waals surface area contributed by atoms with Crippen molar-refractivity contribution in [1.82, 2.24) is 5.43 Å². The van der Waals surface area contributed by atoms with Gasteiger partial charge in [0.15, 0.2) is 12.2 Å². The lowest BCUT2D eigenvalue weighted by molar-refractivity contribution is -0.144. The molecule has 0 aromatic rings. The summed E-state index contributed by atoms with van der Waals surface area (Å²) in [6.07, 6.45) is -3.85. The van der Waals surface area contributed by atoms with Crippen molar-refractivity contribution in [2.45, 2.75) is 12.2 Å². The van der Waals surface area contributed by atoms with Gasteiger partial charge in [-0.2, -0.15) is 0 Å². The number of aliphatic hydroxyl groups is 2. The molecule has 0 aromatic heterocycles. The first-order valence-electron chi connectivity index (χ1n) is 2.66. The van der Waals surface area contributed by atoms with Crippen molar-refractivity contribution in [1.29, 1.82) is 0 Å². The monoisotopic (exact) mass is 163 g/mol. The standard InChI is InChI=1S/C4H9N3O4/c5-3(10)1(8)2(9)4(11)7-6/h1-2,8-9H,6H2,(H2,5,10)(H,7,11)/t1-,2-/m1/s1. The van der Waals surface area contributed by atoms with Gasteiger partial charge in [-0.3, -0.25) is 15.0 Å². The molecule has 0 saturated carbocycles. The van der Waals surface area contributed by atoms with E-state index in [2.05, 4.69) is 11.6 Å². The zero-order valence-electron chi connectivity index (χ0n) is 5.52. The zero-order valence-corrected chi connectivity index (χ0v) is 5.52. The van der Waals surface area contributed by atoms with Gasteiger partial charge in [-0.15, -0.1) is 0 Å². The molecular formula is C4H9N3O4. The maximum atomic E-state index is 10.4. The molecular weight excluding hydrogens is 154 g/mol. The fourth-order valence-electron chi connectivity index (χ4n) is 0.384. The Bertz CT molecular complexity index is 171. The van der Waals surface area contributed by atoms with Crippen LogP contribution >= 0.6 is 0 Å². The fraction of sp³-hybridized carbons (Fsp3) is 0.500. The highest BCUT2D eigenvalue weighted by molar-refractivity contribution is 5.89. The summed E-state index contributed by atoms with van der Waals surface area (Å²) in [5.41, 5.74) is 6.10. The summed E-state index contributed by atoms with van der Waals surface area (Å²) in [5, 5.41) is 17.4. The van der Waals surface area contributed by atoms with Gasteiger partial charge in [0.25, 0.3) is 5.91 Å². The van der Waals surface area contributed by atoms with Crippen molar-refractivity contribution in [3.63, 3.8) is 0 Å². The van der Waals surface area contributed by atoms with E-state index < -0.39 is 24.0 Å². The van der Waals surface area contributed by atoms with Gasteiger partial charge in [-0.05, 0) is 0 Å². The number of nitrogens with one attached hydrogen (secondary N) is 1. The summed E-state index contributed by atoms with van der Waals surface area (Å²) in [6.45, 7) is 0. The minimum absolute atomic E-state index is 1.07. The Labute approximate surface area is 61.9 Å². The molecule has 0 saturated heterocycles. The third-order valence-electron chi connectivity index (χ3n) is 1.00. The number of hydrogen-bond donors (Lipinski definition) is 5. The van der Waals surface area contributed by atoms with E-state index in [0.29, 0.717) is 0 Å². The van der Waals surface area contributed by atoms with E-state index in [-0.39, 0.29) is 0 Å². The lowest BCUT2D eigenvalue weighted by atomic mass is 10.2. The maximum Gasteiger partial charge on any atom is 0.265 e. The third kappa shape index (κ3) is 2.50. The van der Waals surface area contributed by atoms with Gasteiger partial charge >= 0.3 is 0 Å². The highest BCUT2D eigenvalue weighted by atomic mass is 16.3. The lowest BCUT2D eigenvalue weighted by Gasteiger charge is -2.11. The molecule has 0 aromatic carbocycles. The lowest BCUT2D eigenvalue weighted by Crippen LogP contribution is -2.49. The summed E-state index contributed by atoms with van der Waals surface area (Å²) < 4.78 is 0. The second-order valence-corrected chi connectivity index (χ2v) is 1.80. The molecule has 11 heavy (non-hydrogen) atoms. The minimum atomic E-state index is -1.93. The van der Waals surface area contributed by atoms with Crippen molar-refractivity contribution >= 4 is 11.8 Å². The van der Waals surface area contributed by atoms with E-state index in [1.54, 1.807) is 5.43 Å². The second kappa shape index (κ2) is 3.86. The molecule has 0 fully saturated rings. The molecule has 0 rings (SSSR count). The topological polar surface area (TPSA) is 139 Å². The summed E-state index contributed by atoms with van der Waals surface area (Å²) >= 11 is 0. The molecule has 0 heterocycles. The molecule has 2 atom stereocenters. The number of aliphatic hydroxyl groups excluding tert-OH is 2. The van der Waals surface area contributed by atoms with Gasteiger partial charge in [0.05, 0.1) is 0 Å². The van der Waals surface area contributed by atoms with E-state index in [1.165, 1.54) is 0 Å². The number of amides is 2. The van der Waals surface area contributed by atoms with E-state index in [1.807, 2.05) is 0 Å². The van der Waals surface area contributed by atoms with Gasteiger partial charge in [0.1, 0.15) is 0 Å². The predicted octanol–water partition coefficient (Wildman–Crippen LogP) is -3.82. The molecule has 7 N–H and O–H groups in total. The number of carbonyl (C=O) groups excluding carboxylic acids is 2. The normalized spacial score (nSPS) is 15.2. The Morgan fingerprint density at radius 2 is 1.73 bits per heavy atom. The molecule has 0 spiro atoms. The van der Waals surface area contributed by atoms with E-state index in [9.17, 15) is 9.59 Å². The van der Waals surface area contributed by atoms with Gasteiger partial charge in [0.2, 0.25) is 5.91 Å². The molecule has 0 aliphatic carbocycles. The summed E-state index contributed by atoms with van der Waals surface area (Å²) in [5.74, 6) is 2.32. The number of nitrogens with two attached hydrogens (primary N) is 2. The molecule has 0 unspecified atom stereocenters.